The molecule has 7 nitrogen and oxygen atoms in total. The van der Waals surface area contributed by atoms with Crippen molar-refractivity contribution in [1.29, 1.82) is 10.5 Å². The second kappa shape index (κ2) is 7.81. The van der Waals surface area contributed by atoms with E-state index in [-0.39, 0.29) is 25.6 Å². The second-order valence-electron chi connectivity index (χ2n) is 5.00. The highest BCUT2D eigenvalue weighted by molar-refractivity contribution is 5.95. The summed E-state index contributed by atoms with van der Waals surface area (Å²) < 4.78 is 5.37. The van der Waals surface area contributed by atoms with E-state index in [1.165, 1.54) is 0 Å². The SMILES string of the molecule is N#CCN(CC#N)C(=O)COc1ccc(N2CCCC2=O)cc1. The van der Waals surface area contributed by atoms with E-state index in [9.17, 15) is 9.59 Å². The van der Waals surface area contributed by atoms with Gasteiger partial charge in [-0.1, -0.05) is 0 Å². The minimum Gasteiger partial charge on any atom is -0.484 e. The van der Waals surface area contributed by atoms with Crippen LogP contribution in [0.1, 0.15) is 12.8 Å². The minimum atomic E-state index is -0.424. The smallest absolute Gasteiger partial charge is 0.262 e. The van der Waals surface area contributed by atoms with E-state index in [1.807, 2.05) is 12.1 Å². The molecule has 1 aromatic rings. The van der Waals surface area contributed by atoms with Gasteiger partial charge in [0.05, 0.1) is 12.1 Å². The molecule has 0 N–H and O–H groups in total. The topological polar surface area (TPSA) is 97.4 Å². The first kappa shape index (κ1) is 16.3. The van der Waals surface area contributed by atoms with Gasteiger partial charge >= 0.3 is 0 Å². The molecule has 1 aromatic carbocycles. The zero-order valence-electron chi connectivity index (χ0n) is 12.6. The number of carbonyl (C=O) groups excluding carboxylic acids is 2. The van der Waals surface area contributed by atoms with Gasteiger partial charge in [-0.15, -0.1) is 0 Å². The van der Waals surface area contributed by atoms with Crippen molar-refractivity contribution in [2.24, 2.45) is 0 Å². The highest BCUT2D eigenvalue weighted by atomic mass is 16.5. The maximum Gasteiger partial charge on any atom is 0.262 e. The van der Waals surface area contributed by atoms with E-state index in [0.29, 0.717) is 12.2 Å². The van der Waals surface area contributed by atoms with Crippen molar-refractivity contribution in [1.82, 2.24) is 4.90 Å². The maximum absolute atomic E-state index is 11.9. The van der Waals surface area contributed by atoms with Crippen molar-refractivity contribution in [3.63, 3.8) is 0 Å². The van der Waals surface area contributed by atoms with Crippen molar-refractivity contribution in [3.05, 3.63) is 24.3 Å². The van der Waals surface area contributed by atoms with Crippen LogP contribution in [0.2, 0.25) is 0 Å². The molecule has 0 aromatic heterocycles. The molecule has 0 spiro atoms. The third-order valence-electron chi connectivity index (χ3n) is 3.46. The van der Waals surface area contributed by atoms with Crippen molar-refractivity contribution >= 4 is 17.5 Å². The van der Waals surface area contributed by atoms with E-state index in [4.69, 9.17) is 15.3 Å². The van der Waals surface area contributed by atoms with Crippen molar-refractivity contribution < 1.29 is 14.3 Å². The lowest BCUT2D eigenvalue weighted by Gasteiger charge is -2.17. The summed E-state index contributed by atoms with van der Waals surface area (Å²) in [6, 6.07) is 10.6. The van der Waals surface area contributed by atoms with Gasteiger partial charge in [0.2, 0.25) is 5.91 Å². The molecule has 0 atom stereocenters. The van der Waals surface area contributed by atoms with Gasteiger partial charge in [-0.2, -0.15) is 10.5 Å². The van der Waals surface area contributed by atoms with Gasteiger partial charge in [-0.3, -0.25) is 9.59 Å². The highest BCUT2D eigenvalue weighted by Crippen LogP contribution is 2.23. The van der Waals surface area contributed by atoms with E-state index < -0.39 is 5.91 Å². The number of rotatable bonds is 6. The lowest BCUT2D eigenvalue weighted by atomic mass is 10.3. The number of carbonyl (C=O) groups is 2. The van der Waals surface area contributed by atoms with Gasteiger partial charge < -0.3 is 14.5 Å². The van der Waals surface area contributed by atoms with E-state index in [0.717, 1.165) is 23.6 Å². The number of hydrogen-bond donors (Lipinski definition) is 0. The van der Waals surface area contributed by atoms with E-state index >= 15 is 0 Å². The number of nitriles is 2. The molecule has 1 aliphatic rings. The van der Waals surface area contributed by atoms with Gasteiger partial charge in [0.1, 0.15) is 18.8 Å². The molecular weight excluding hydrogens is 296 g/mol. The Hall–Kier alpha value is -3.06. The fraction of sp³-hybridized carbons (Fsp3) is 0.375. The molecule has 2 amide bonds. The first-order valence-corrected chi connectivity index (χ1v) is 7.20. The molecule has 118 valence electrons. The fourth-order valence-electron chi connectivity index (χ4n) is 2.28. The Kier molecular flexibility index (Phi) is 5.54. The van der Waals surface area contributed by atoms with E-state index in [2.05, 4.69) is 0 Å². The Morgan fingerprint density at radius 1 is 1.22 bits per heavy atom. The average Bonchev–Trinajstić information content (AvgIpc) is 2.99. The average molecular weight is 312 g/mol. The van der Waals surface area contributed by atoms with Crippen LogP contribution in [0.5, 0.6) is 5.75 Å². The summed E-state index contributed by atoms with van der Waals surface area (Å²) in [7, 11) is 0. The van der Waals surface area contributed by atoms with Gasteiger partial charge in [0.15, 0.2) is 6.61 Å². The van der Waals surface area contributed by atoms with Crippen LogP contribution in [0.25, 0.3) is 0 Å². The molecule has 0 unspecified atom stereocenters. The molecule has 0 aliphatic carbocycles. The van der Waals surface area contributed by atoms with Crippen LogP contribution in [-0.4, -0.2) is 43.0 Å². The molecule has 1 saturated heterocycles. The number of anilines is 1. The van der Waals surface area contributed by atoms with Gasteiger partial charge in [-0.05, 0) is 30.7 Å². The molecule has 1 fully saturated rings. The quantitative estimate of drug-likeness (QED) is 0.732. The van der Waals surface area contributed by atoms with Crippen molar-refractivity contribution in [3.8, 4) is 17.9 Å². The van der Waals surface area contributed by atoms with Crippen LogP contribution >= 0.6 is 0 Å². The minimum absolute atomic E-state index is 0.109. The summed E-state index contributed by atoms with van der Waals surface area (Å²) in [5.74, 6) is 0.173. The van der Waals surface area contributed by atoms with Crippen LogP contribution in [0.4, 0.5) is 5.69 Å². The fourth-order valence-corrected chi connectivity index (χ4v) is 2.28. The summed E-state index contributed by atoms with van der Waals surface area (Å²) in [6.45, 7) is 0.178. The largest absolute Gasteiger partial charge is 0.484 e. The van der Waals surface area contributed by atoms with Crippen LogP contribution in [0, 0.1) is 22.7 Å². The lowest BCUT2D eigenvalue weighted by Crippen LogP contribution is -2.35. The summed E-state index contributed by atoms with van der Waals surface area (Å²) in [5.41, 5.74) is 0.807. The number of amides is 2. The molecular formula is C16H16N4O3. The normalized spacial score (nSPS) is 13.3. The van der Waals surface area contributed by atoms with Crippen LogP contribution in [-0.2, 0) is 9.59 Å². The molecule has 1 aliphatic heterocycles. The second-order valence-corrected chi connectivity index (χ2v) is 5.00. The lowest BCUT2D eigenvalue weighted by molar-refractivity contribution is -0.132. The first-order chi connectivity index (χ1) is 11.2. The summed E-state index contributed by atoms with van der Waals surface area (Å²) in [6.07, 6.45) is 1.43. The summed E-state index contributed by atoms with van der Waals surface area (Å²) in [5, 5.41) is 17.3. The van der Waals surface area contributed by atoms with E-state index in [1.54, 1.807) is 29.2 Å². The van der Waals surface area contributed by atoms with Crippen LogP contribution in [0.3, 0.4) is 0 Å². The predicted octanol–water partition coefficient (Wildman–Crippen LogP) is 1.07. The van der Waals surface area contributed by atoms with Gasteiger partial charge in [-0.25, -0.2) is 0 Å². The molecule has 1 heterocycles. The Labute approximate surface area is 134 Å². The van der Waals surface area contributed by atoms with Gasteiger partial charge in [0, 0.05) is 18.7 Å². The zero-order chi connectivity index (χ0) is 16.7. The Bertz CT molecular complexity index is 641. The molecule has 0 saturated carbocycles. The van der Waals surface area contributed by atoms with Crippen LogP contribution in [0.15, 0.2) is 24.3 Å². The van der Waals surface area contributed by atoms with Crippen LogP contribution < -0.4 is 9.64 Å². The number of ether oxygens (including phenoxy) is 1. The molecule has 0 radical (unpaired) electrons. The Balaban J connectivity index is 1.91. The van der Waals surface area contributed by atoms with Crippen molar-refractivity contribution in [2.45, 2.75) is 12.8 Å². The molecule has 7 heteroatoms. The molecule has 23 heavy (non-hydrogen) atoms. The molecule has 2 rings (SSSR count). The van der Waals surface area contributed by atoms with Gasteiger partial charge in [0.25, 0.3) is 5.91 Å². The van der Waals surface area contributed by atoms with Crippen molar-refractivity contribution in [2.75, 3.05) is 31.1 Å². The first-order valence-electron chi connectivity index (χ1n) is 7.20. The highest BCUT2D eigenvalue weighted by Gasteiger charge is 2.21. The molecule has 0 bridgehead atoms. The number of nitrogens with zero attached hydrogens (tertiary/aromatic N) is 4. The summed E-state index contributed by atoms with van der Waals surface area (Å²) >= 11 is 0. The predicted molar refractivity (Wildman–Crippen MR) is 81.3 cm³/mol. The Morgan fingerprint density at radius 3 is 2.39 bits per heavy atom. The third-order valence-corrected chi connectivity index (χ3v) is 3.46. The Morgan fingerprint density at radius 2 is 1.87 bits per heavy atom. The zero-order valence-corrected chi connectivity index (χ0v) is 12.6. The summed E-state index contributed by atoms with van der Waals surface area (Å²) in [4.78, 5) is 26.4. The standard InChI is InChI=1S/C16H16N4O3/c17-7-10-19(11-8-18)16(22)12-23-14-5-3-13(4-6-14)20-9-1-2-15(20)21/h3-6H,1-2,9-12H2. The number of benzene rings is 1. The third kappa shape index (κ3) is 4.21. The number of hydrogen-bond acceptors (Lipinski definition) is 5. The maximum atomic E-state index is 11.9. The monoisotopic (exact) mass is 312 g/mol.